The van der Waals surface area contributed by atoms with Crippen LogP contribution >= 0.6 is 0 Å². The molecule has 1 heterocycles. The van der Waals surface area contributed by atoms with Crippen molar-refractivity contribution >= 4 is 5.91 Å². The van der Waals surface area contributed by atoms with Gasteiger partial charge in [-0.2, -0.15) is 0 Å². The van der Waals surface area contributed by atoms with Gasteiger partial charge in [-0.25, -0.2) is 0 Å². The lowest BCUT2D eigenvalue weighted by Crippen LogP contribution is -2.55. The van der Waals surface area contributed by atoms with E-state index in [1.165, 1.54) is 0 Å². The Balaban J connectivity index is 2.38. The Morgan fingerprint density at radius 3 is 2.40 bits per heavy atom. The molecule has 1 unspecified atom stereocenters. The number of amides is 1. The van der Waals surface area contributed by atoms with Crippen molar-refractivity contribution in [1.29, 1.82) is 0 Å². The van der Waals surface area contributed by atoms with Gasteiger partial charge in [-0.05, 0) is 20.0 Å². The minimum Gasteiger partial charge on any atom is -0.352 e. The summed E-state index contributed by atoms with van der Waals surface area (Å²) < 4.78 is 0. The Kier molecular flexibility index (Phi) is 4.54. The fourth-order valence-electron chi connectivity index (χ4n) is 1.59. The molecule has 0 spiro atoms. The van der Waals surface area contributed by atoms with E-state index in [-0.39, 0.29) is 17.9 Å². The van der Waals surface area contributed by atoms with Gasteiger partial charge in [0.25, 0.3) is 0 Å². The van der Waals surface area contributed by atoms with Crippen LogP contribution in [0.4, 0.5) is 0 Å². The minimum absolute atomic E-state index is 0.188. The highest BCUT2D eigenvalue weighted by molar-refractivity contribution is 5.80. The topological polar surface area (TPSA) is 44.4 Å². The second-order valence-electron chi connectivity index (χ2n) is 4.98. The Bertz CT molecular complexity index is 212. The lowest BCUT2D eigenvalue weighted by molar-refractivity contribution is -0.127. The van der Waals surface area contributed by atoms with Crippen LogP contribution in [-0.4, -0.2) is 50.6 Å². The highest BCUT2D eigenvalue weighted by Crippen LogP contribution is 2.07. The molecule has 0 aliphatic carbocycles. The average molecular weight is 213 g/mol. The predicted octanol–water partition coefficient (Wildman–Crippen LogP) is -0.0918. The van der Waals surface area contributed by atoms with Gasteiger partial charge in [-0.3, -0.25) is 4.79 Å². The lowest BCUT2D eigenvalue weighted by Gasteiger charge is -2.31. The van der Waals surface area contributed by atoms with Crippen LogP contribution in [0.1, 0.15) is 13.8 Å². The zero-order valence-electron chi connectivity index (χ0n) is 10.2. The maximum Gasteiger partial charge on any atom is 0.225 e. The monoisotopic (exact) mass is 213 g/mol. The van der Waals surface area contributed by atoms with E-state index >= 15 is 0 Å². The maximum absolute atomic E-state index is 11.8. The number of carbonyl (C=O) groups excluding carboxylic acids is 1. The molecule has 1 amide bonds. The molecule has 1 aliphatic rings. The number of hydrogen-bond acceptors (Lipinski definition) is 3. The van der Waals surface area contributed by atoms with Crippen molar-refractivity contribution in [3.05, 3.63) is 0 Å². The van der Waals surface area contributed by atoms with E-state index < -0.39 is 0 Å². The van der Waals surface area contributed by atoms with Gasteiger partial charge in [0.15, 0.2) is 0 Å². The summed E-state index contributed by atoms with van der Waals surface area (Å²) in [4.78, 5) is 13.9. The van der Waals surface area contributed by atoms with Crippen LogP contribution in [0.25, 0.3) is 0 Å². The van der Waals surface area contributed by atoms with Crippen molar-refractivity contribution in [3.8, 4) is 0 Å². The van der Waals surface area contributed by atoms with Gasteiger partial charge in [-0.1, -0.05) is 13.8 Å². The molecule has 0 saturated carbocycles. The van der Waals surface area contributed by atoms with E-state index in [1.807, 2.05) is 14.1 Å². The molecule has 1 rings (SSSR count). The minimum atomic E-state index is 0.188. The van der Waals surface area contributed by atoms with Gasteiger partial charge in [0.1, 0.15) is 0 Å². The first-order chi connectivity index (χ1) is 7.00. The smallest absolute Gasteiger partial charge is 0.225 e. The number of nitrogens with zero attached hydrogens (tertiary/aromatic N) is 1. The lowest BCUT2D eigenvalue weighted by atomic mass is 9.99. The molecule has 0 bridgehead atoms. The number of likely N-dealkylation sites (N-methyl/N-ethyl adjacent to an activating group) is 1. The van der Waals surface area contributed by atoms with Gasteiger partial charge in [0.05, 0.1) is 5.92 Å². The summed E-state index contributed by atoms with van der Waals surface area (Å²) in [6.07, 6.45) is 0. The van der Waals surface area contributed by atoms with Crippen LogP contribution < -0.4 is 10.6 Å². The maximum atomic E-state index is 11.8. The largest absolute Gasteiger partial charge is 0.352 e. The summed E-state index contributed by atoms with van der Waals surface area (Å²) in [5.74, 6) is 0.868. The zero-order valence-corrected chi connectivity index (χ0v) is 10.2. The van der Waals surface area contributed by atoms with Crippen molar-refractivity contribution in [1.82, 2.24) is 15.5 Å². The van der Waals surface area contributed by atoms with E-state index in [0.717, 1.165) is 19.6 Å². The van der Waals surface area contributed by atoms with Crippen LogP contribution in [0.2, 0.25) is 0 Å². The molecule has 0 aromatic rings. The predicted molar refractivity (Wildman–Crippen MR) is 61.7 cm³/mol. The second kappa shape index (κ2) is 5.47. The van der Waals surface area contributed by atoms with Gasteiger partial charge in [0, 0.05) is 25.7 Å². The quantitative estimate of drug-likeness (QED) is 0.671. The van der Waals surface area contributed by atoms with Crippen LogP contribution in [0.3, 0.4) is 0 Å². The molecule has 4 heteroatoms. The van der Waals surface area contributed by atoms with Gasteiger partial charge < -0.3 is 15.5 Å². The molecule has 0 aromatic heterocycles. The highest BCUT2D eigenvalue weighted by Gasteiger charge is 2.27. The summed E-state index contributed by atoms with van der Waals surface area (Å²) in [6, 6.07) is 0.257. The third-order valence-electron chi connectivity index (χ3n) is 2.85. The molecular formula is C11H23N3O. The van der Waals surface area contributed by atoms with Gasteiger partial charge in [0.2, 0.25) is 5.91 Å². The molecular weight excluding hydrogens is 190 g/mol. The first-order valence-corrected chi connectivity index (χ1v) is 5.66. The summed E-state index contributed by atoms with van der Waals surface area (Å²) in [7, 11) is 4.07. The van der Waals surface area contributed by atoms with Crippen LogP contribution in [0, 0.1) is 11.8 Å². The number of rotatable bonds is 5. The van der Waals surface area contributed by atoms with Crippen LogP contribution in [0.5, 0.6) is 0 Å². The molecule has 0 radical (unpaired) electrons. The molecule has 1 saturated heterocycles. The fraction of sp³-hybridized carbons (Fsp3) is 0.909. The SMILES string of the molecule is CC(C)C(CN(C)C)NC(=O)C1CNC1. The molecule has 1 atom stereocenters. The summed E-state index contributed by atoms with van der Waals surface area (Å²) in [5.41, 5.74) is 0. The molecule has 0 aromatic carbocycles. The van der Waals surface area contributed by atoms with Crippen molar-refractivity contribution < 1.29 is 4.79 Å². The first kappa shape index (κ1) is 12.5. The van der Waals surface area contributed by atoms with E-state index in [9.17, 15) is 4.79 Å². The van der Waals surface area contributed by atoms with Crippen molar-refractivity contribution in [2.45, 2.75) is 19.9 Å². The number of hydrogen-bond donors (Lipinski definition) is 2. The molecule has 15 heavy (non-hydrogen) atoms. The Morgan fingerprint density at radius 1 is 1.47 bits per heavy atom. The molecule has 88 valence electrons. The first-order valence-electron chi connectivity index (χ1n) is 5.66. The zero-order chi connectivity index (χ0) is 11.4. The van der Waals surface area contributed by atoms with E-state index in [2.05, 4.69) is 29.4 Å². The van der Waals surface area contributed by atoms with E-state index in [0.29, 0.717) is 5.92 Å². The van der Waals surface area contributed by atoms with Crippen molar-refractivity contribution in [2.24, 2.45) is 11.8 Å². The Labute approximate surface area is 92.4 Å². The van der Waals surface area contributed by atoms with E-state index in [1.54, 1.807) is 0 Å². The normalized spacial score (nSPS) is 19.1. The molecule has 2 N–H and O–H groups in total. The fourth-order valence-corrected chi connectivity index (χ4v) is 1.59. The standard InChI is InChI=1S/C11H23N3O/c1-8(2)10(7-14(3)4)13-11(15)9-5-12-6-9/h8-10,12H,5-7H2,1-4H3,(H,13,15). The van der Waals surface area contributed by atoms with Crippen LogP contribution in [0.15, 0.2) is 0 Å². The van der Waals surface area contributed by atoms with Crippen LogP contribution in [-0.2, 0) is 4.79 Å². The number of carbonyl (C=O) groups is 1. The Morgan fingerprint density at radius 2 is 2.07 bits per heavy atom. The highest BCUT2D eigenvalue weighted by atomic mass is 16.2. The van der Waals surface area contributed by atoms with E-state index in [4.69, 9.17) is 0 Å². The van der Waals surface area contributed by atoms with Crippen molar-refractivity contribution in [3.63, 3.8) is 0 Å². The summed E-state index contributed by atoms with van der Waals surface area (Å²) in [5, 5.41) is 6.24. The van der Waals surface area contributed by atoms with Gasteiger partial charge in [-0.15, -0.1) is 0 Å². The third kappa shape index (κ3) is 3.80. The number of nitrogens with one attached hydrogen (secondary N) is 2. The summed E-state index contributed by atoms with van der Waals surface area (Å²) >= 11 is 0. The third-order valence-corrected chi connectivity index (χ3v) is 2.85. The summed E-state index contributed by atoms with van der Waals surface area (Å²) in [6.45, 7) is 6.86. The molecule has 1 aliphatic heterocycles. The second-order valence-corrected chi connectivity index (χ2v) is 4.98. The van der Waals surface area contributed by atoms with Crippen molar-refractivity contribution in [2.75, 3.05) is 33.7 Å². The average Bonchev–Trinajstić information content (AvgIpc) is 1.98. The Hall–Kier alpha value is -0.610. The molecule has 4 nitrogen and oxygen atoms in total. The molecule has 1 fully saturated rings. The van der Waals surface area contributed by atoms with Gasteiger partial charge >= 0.3 is 0 Å².